The Morgan fingerprint density at radius 3 is 2.40 bits per heavy atom. The number of hydrogen-bond donors (Lipinski definition) is 2. The molecular weight excluding hydrogens is 324 g/mol. The van der Waals surface area contributed by atoms with Gasteiger partial charge in [0.2, 0.25) is 20.0 Å². The second kappa shape index (κ2) is 6.30. The molecule has 1 aromatic rings. The van der Waals surface area contributed by atoms with Crippen molar-refractivity contribution in [3.8, 4) is 0 Å². The molecule has 0 amide bonds. The zero-order chi connectivity index (χ0) is 15.6. The molecule has 3 N–H and O–H groups in total. The minimum absolute atomic E-state index is 0.108. The molecule has 0 spiro atoms. The highest BCUT2D eigenvalue weighted by Gasteiger charge is 2.19. The summed E-state index contributed by atoms with van der Waals surface area (Å²) in [6.45, 7) is 3.20. The van der Waals surface area contributed by atoms with Crippen LogP contribution in [0, 0.1) is 12.8 Å². The van der Waals surface area contributed by atoms with Gasteiger partial charge in [-0.3, -0.25) is 4.72 Å². The third kappa shape index (κ3) is 4.62. The molecule has 0 heterocycles. The summed E-state index contributed by atoms with van der Waals surface area (Å²) in [5, 5.41) is 5.07. The molecular formula is C11H17ClN2O4S2. The number of alkyl halides is 1. The zero-order valence-corrected chi connectivity index (χ0v) is 13.5. The summed E-state index contributed by atoms with van der Waals surface area (Å²) >= 11 is 5.59. The predicted octanol–water partition coefficient (Wildman–Crippen LogP) is 1.26. The van der Waals surface area contributed by atoms with E-state index in [4.69, 9.17) is 16.7 Å². The lowest BCUT2D eigenvalue weighted by molar-refractivity contribution is 0.587. The maximum Gasteiger partial charge on any atom is 0.238 e. The molecule has 1 atom stereocenters. The quantitative estimate of drug-likeness (QED) is 0.760. The van der Waals surface area contributed by atoms with E-state index >= 15 is 0 Å². The predicted molar refractivity (Wildman–Crippen MR) is 79.8 cm³/mol. The highest BCUT2D eigenvalue weighted by atomic mass is 35.5. The van der Waals surface area contributed by atoms with Gasteiger partial charge in [0, 0.05) is 5.88 Å². The summed E-state index contributed by atoms with van der Waals surface area (Å²) in [6, 6.07) is 4.23. The molecule has 0 bridgehead atoms. The zero-order valence-electron chi connectivity index (χ0n) is 11.1. The summed E-state index contributed by atoms with van der Waals surface area (Å²) in [5.74, 6) is -0.136. The highest BCUT2D eigenvalue weighted by molar-refractivity contribution is 7.92. The van der Waals surface area contributed by atoms with Gasteiger partial charge in [-0.15, -0.1) is 11.6 Å². The molecule has 1 rings (SSSR count). The van der Waals surface area contributed by atoms with Crippen LogP contribution >= 0.6 is 11.6 Å². The lowest BCUT2D eigenvalue weighted by atomic mass is 10.2. The lowest BCUT2D eigenvalue weighted by Crippen LogP contribution is -2.23. The second-order valence-electron chi connectivity index (χ2n) is 4.62. The maximum absolute atomic E-state index is 11.9. The summed E-state index contributed by atoms with van der Waals surface area (Å²) in [6.07, 6.45) is 0. The SMILES string of the molecule is Cc1c(NS(=O)(=O)CC(C)CCl)cccc1S(N)(=O)=O. The first-order chi connectivity index (χ1) is 9.07. The number of nitrogens with one attached hydrogen (secondary N) is 1. The van der Waals surface area contributed by atoms with E-state index < -0.39 is 20.0 Å². The summed E-state index contributed by atoms with van der Waals surface area (Å²) in [4.78, 5) is -0.108. The summed E-state index contributed by atoms with van der Waals surface area (Å²) in [7, 11) is -7.50. The molecule has 6 nitrogen and oxygen atoms in total. The van der Waals surface area contributed by atoms with E-state index in [1.165, 1.54) is 25.1 Å². The molecule has 114 valence electrons. The van der Waals surface area contributed by atoms with Crippen molar-refractivity contribution >= 4 is 37.3 Å². The molecule has 0 fully saturated rings. The van der Waals surface area contributed by atoms with Gasteiger partial charge in [0.1, 0.15) is 0 Å². The van der Waals surface area contributed by atoms with Crippen molar-refractivity contribution in [2.24, 2.45) is 11.1 Å². The highest BCUT2D eigenvalue weighted by Crippen LogP contribution is 2.23. The molecule has 0 aliphatic heterocycles. The standard InChI is InChI=1S/C11H17ClN2O4S2/c1-8(6-12)7-19(15,16)14-10-4-3-5-11(9(10)2)20(13,17)18/h3-5,8,14H,6-7H2,1-2H3,(H2,13,17,18). The number of nitrogens with two attached hydrogens (primary N) is 1. The van der Waals surface area contributed by atoms with Gasteiger partial charge >= 0.3 is 0 Å². The van der Waals surface area contributed by atoms with Gasteiger partial charge in [0.05, 0.1) is 16.3 Å². The topological polar surface area (TPSA) is 106 Å². The van der Waals surface area contributed by atoms with Gasteiger partial charge in [-0.2, -0.15) is 0 Å². The van der Waals surface area contributed by atoms with Gasteiger partial charge in [0.25, 0.3) is 0 Å². The Hall–Kier alpha value is -0.830. The molecule has 0 saturated heterocycles. The van der Waals surface area contributed by atoms with Crippen LogP contribution in [0.1, 0.15) is 12.5 Å². The first kappa shape index (κ1) is 17.2. The van der Waals surface area contributed by atoms with Crippen LogP contribution in [0.2, 0.25) is 0 Å². The Balaban J connectivity index is 3.12. The van der Waals surface area contributed by atoms with Crippen LogP contribution < -0.4 is 9.86 Å². The number of anilines is 1. The summed E-state index contributed by atoms with van der Waals surface area (Å²) in [5.41, 5.74) is 0.454. The average Bonchev–Trinajstić information content (AvgIpc) is 2.29. The lowest BCUT2D eigenvalue weighted by Gasteiger charge is -2.14. The van der Waals surface area contributed by atoms with Gasteiger partial charge < -0.3 is 0 Å². The first-order valence-corrected chi connectivity index (χ1v) is 9.49. The molecule has 9 heteroatoms. The molecule has 0 saturated carbocycles. The van der Waals surface area contributed by atoms with Crippen molar-refractivity contribution in [3.05, 3.63) is 23.8 Å². The molecule has 0 aromatic heterocycles. The normalized spacial score (nSPS) is 14.0. The van der Waals surface area contributed by atoms with E-state index in [0.717, 1.165) is 0 Å². The molecule has 0 radical (unpaired) electrons. The van der Waals surface area contributed by atoms with Gasteiger partial charge in [-0.05, 0) is 30.5 Å². The number of primary sulfonamides is 1. The molecule has 1 unspecified atom stereocenters. The van der Waals surface area contributed by atoms with Crippen molar-refractivity contribution in [1.29, 1.82) is 0 Å². The van der Waals surface area contributed by atoms with Crippen LogP contribution in [0.25, 0.3) is 0 Å². The fourth-order valence-electron chi connectivity index (χ4n) is 1.66. The minimum Gasteiger partial charge on any atom is -0.283 e. The van der Waals surface area contributed by atoms with E-state index in [9.17, 15) is 16.8 Å². The molecule has 0 aliphatic carbocycles. The number of hydrogen-bond acceptors (Lipinski definition) is 4. The van der Waals surface area contributed by atoms with E-state index in [1.807, 2.05) is 0 Å². The van der Waals surface area contributed by atoms with Crippen LogP contribution in [0.15, 0.2) is 23.1 Å². The van der Waals surface area contributed by atoms with E-state index in [0.29, 0.717) is 0 Å². The van der Waals surface area contributed by atoms with Gasteiger partial charge in [-0.25, -0.2) is 22.0 Å². The van der Waals surface area contributed by atoms with E-state index in [2.05, 4.69) is 4.72 Å². The molecule has 1 aromatic carbocycles. The van der Waals surface area contributed by atoms with Crippen LogP contribution in [-0.2, 0) is 20.0 Å². The smallest absolute Gasteiger partial charge is 0.238 e. The van der Waals surface area contributed by atoms with Crippen molar-refractivity contribution in [2.45, 2.75) is 18.7 Å². The third-order valence-corrected chi connectivity index (χ3v) is 5.74. The van der Waals surface area contributed by atoms with Crippen LogP contribution in [-0.4, -0.2) is 28.5 Å². The van der Waals surface area contributed by atoms with Crippen molar-refractivity contribution in [1.82, 2.24) is 0 Å². The van der Waals surface area contributed by atoms with E-state index in [1.54, 1.807) is 6.92 Å². The fraction of sp³-hybridized carbons (Fsp3) is 0.455. The van der Waals surface area contributed by atoms with Crippen LogP contribution in [0.5, 0.6) is 0 Å². The fourth-order valence-corrected chi connectivity index (χ4v) is 4.21. The van der Waals surface area contributed by atoms with Gasteiger partial charge in [-0.1, -0.05) is 13.0 Å². The largest absolute Gasteiger partial charge is 0.283 e. The van der Waals surface area contributed by atoms with Crippen LogP contribution in [0.4, 0.5) is 5.69 Å². The first-order valence-electron chi connectivity index (χ1n) is 5.75. The summed E-state index contributed by atoms with van der Waals surface area (Å²) < 4.78 is 49.0. The number of rotatable bonds is 6. The number of sulfonamides is 2. The average molecular weight is 341 g/mol. The molecule has 0 aliphatic rings. The van der Waals surface area contributed by atoms with E-state index in [-0.39, 0.29) is 33.7 Å². The Kier molecular flexibility index (Phi) is 5.42. The molecule has 20 heavy (non-hydrogen) atoms. The Morgan fingerprint density at radius 2 is 1.90 bits per heavy atom. The van der Waals surface area contributed by atoms with Crippen molar-refractivity contribution < 1.29 is 16.8 Å². The maximum atomic E-state index is 11.9. The third-order valence-electron chi connectivity index (χ3n) is 2.62. The van der Waals surface area contributed by atoms with Crippen molar-refractivity contribution in [2.75, 3.05) is 16.4 Å². The minimum atomic E-state index is -3.90. The van der Waals surface area contributed by atoms with Crippen LogP contribution in [0.3, 0.4) is 0 Å². The number of halogens is 1. The van der Waals surface area contributed by atoms with Crippen molar-refractivity contribution in [3.63, 3.8) is 0 Å². The Bertz CT molecular complexity index is 686. The Labute approximate surface area is 124 Å². The monoisotopic (exact) mass is 340 g/mol. The Morgan fingerprint density at radius 1 is 1.30 bits per heavy atom. The van der Waals surface area contributed by atoms with Gasteiger partial charge in [0.15, 0.2) is 0 Å². The number of benzene rings is 1. The second-order valence-corrected chi connectivity index (χ2v) is 8.22.